The summed E-state index contributed by atoms with van der Waals surface area (Å²) in [6.07, 6.45) is 0.957. The number of hydrogen-bond acceptors (Lipinski definition) is 4. The molecule has 0 saturated carbocycles. The SMILES string of the molecule is CCCNC(Cn1nc(C)nc1C)C(N)=O. The molecule has 1 amide bonds. The van der Waals surface area contributed by atoms with Crippen molar-refractivity contribution in [3.8, 4) is 0 Å². The van der Waals surface area contributed by atoms with Gasteiger partial charge in [0.1, 0.15) is 17.7 Å². The van der Waals surface area contributed by atoms with Crippen LogP contribution >= 0.6 is 0 Å². The Morgan fingerprint density at radius 2 is 2.25 bits per heavy atom. The number of aryl methyl sites for hydroxylation is 2. The molecule has 6 nitrogen and oxygen atoms in total. The summed E-state index contributed by atoms with van der Waals surface area (Å²) in [7, 11) is 0. The van der Waals surface area contributed by atoms with Crippen LogP contribution in [0.1, 0.15) is 25.0 Å². The van der Waals surface area contributed by atoms with Gasteiger partial charge in [-0.25, -0.2) is 9.67 Å². The van der Waals surface area contributed by atoms with Gasteiger partial charge in [0.2, 0.25) is 5.91 Å². The average molecular weight is 225 g/mol. The summed E-state index contributed by atoms with van der Waals surface area (Å²) in [6.45, 7) is 6.92. The van der Waals surface area contributed by atoms with Crippen LogP contribution in [-0.4, -0.2) is 33.3 Å². The molecule has 0 aliphatic rings. The van der Waals surface area contributed by atoms with Gasteiger partial charge in [-0.3, -0.25) is 4.79 Å². The van der Waals surface area contributed by atoms with E-state index in [2.05, 4.69) is 15.4 Å². The quantitative estimate of drug-likeness (QED) is 0.699. The molecule has 0 radical (unpaired) electrons. The topological polar surface area (TPSA) is 85.8 Å². The summed E-state index contributed by atoms with van der Waals surface area (Å²) in [5.74, 6) is 1.14. The van der Waals surface area contributed by atoms with Crippen molar-refractivity contribution in [3.05, 3.63) is 11.6 Å². The summed E-state index contributed by atoms with van der Waals surface area (Å²) >= 11 is 0. The number of nitrogens with one attached hydrogen (secondary N) is 1. The Bertz CT molecular complexity index is 360. The molecule has 0 spiro atoms. The molecule has 1 aromatic rings. The number of primary amides is 1. The van der Waals surface area contributed by atoms with Crippen molar-refractivity contribution in [1.29, 1.82) is 0 Å². The Morgan fingerprint density at radius 1 is 1.56 bits per heavy atom. The molecule has 0 bridgehead atoms. The summed E-state index contributed by atoms with van der Waals surface area (Å²) in [5.41, 5.74) is 5.32. The average Bonchev–Trinajstić information content (AvgIpc) is 2.51. The van der Waals surface area contributed by atoms with Crippen LogP contribution in [0.5, 0.6) is 0 Å². The van der Waals surface area contributed by atoms with Gasteiger partial charge in [-0.1, -0.05) is 6.92 Å². The van der Waals surface area contributed by atoms with Crippen LogP contribution in [0.4, 0.5) is 0 Å². The first kappa shape index (κ1) is 12.6. The van der Waals surface area contributed by atoms with Gasteiger partial charge >= 0.3 is 0 Å². The fourth-order valence-corrected chi connectivity index (χ4v) is 1.48. The molecule has 1 unspecified atom stereocenters. The van der Waals surface area contributed by atoms with Gasteiger partial charge in [-0.05, 0) is 26.8 Å². The van der Waals surface area contributed by atoms with E-state index < -0.39 is 0 Å². The van der Waals surface area contributed by atoms with Crippen molar-refractivity contribution in [2.45, 2.75) is 39.8 Å². The van der Waals surface area contributed by atoms with E-state index in [0.717, 1.165) is 18.8 Å². The number of amides is 1. The molecule has 1 heterocycles. The zero-order chi connectivity index (χ0) is 12.1. The van der Waals surface area contributed by atoms with E-state index in [0.29, 0.717) is 12.4 Å². The van der Waals surface area contributed by atoms with Crippen molar-refractivity contribution in [1.82, 2.24) is 20.1 Å². The predicted molar refractivity (Wildman–Crippen MR) is 60.8 cm³/mol. The maximum atomic E-state index is 11.2. The van der Waals surface area contributed by atoms with E-state index >= 15 is 0 Å². The molecule has 16 heavy (non-hydrogen) atoms. The number of hydrogen-bond donors (Lipinski definition) is 2. The molecule has 0 aliphatic carbocycles. The number of nitrogens with zero attached hydrogens (tertiary/aromatic N) is 3. The van der Waals surface area contributed by atoms with Gasteiger partial charge < -0.3 is 11.1 Å². The third kappa shape index (κ3) is 3.30. The molecular formula is C10H19N5O. The first-order chi connectivity index (χ1) is 7.54. The van der Waals surface area contributed by atoms with E-state index in [1.807, 2.05) is 20.8 Å². The molecule has 0 aliphatic heterocycles. The highest BCUT2D eigenvalue weighted by molar-refractivity contribution is 5.79. The fraction of sp³-hybridized carbons (Fsp3) is 0.700. The van der Waals surface area contributed by atoms with Crippen molar-refractivity contribution in [2.75, 3.05) is 6.54 Å². The van der Waals surface area contributed by atoms with Crippen molar-refractivity contribution in [3.63, 3.8) is 0 Å². The second-order valence-electron chi connectivity index (χ2n) is 3.80. The van der Waals surface area contributed by atoms with Crippen LogP contribution in [0.2, 0.25) is 0 Å². The largest absolute Gasteiger partial charge is 0.368 e. The third-order valence-electron chi connectivity index (χ3n) is 2.30. The van der Waals surface area contributed by atoms with Crippen LogP contribution in [0.25, 0.3) is 0 Å². The standard InChI is InChI=1S/C10H19N5O/c1-4-5-12-9(10(11)16)6-15-8(3)13-7(2)14-15/h9,12H,4-6H2,1-3H3,(H2,11,16). The van der Waals surface area contributed by atoms with Crippen LogP contribution < -0.4 is 11.1 Å². The van der Waals surface area contributed by atoms with E-state index in [9.17, 15) is 4.79 Å². The first-order valence-corrected chi connectivity index (χ1v) is 5.45. The highest BCUT2D eigenvalue weighted by Crippen LogP contribution is 1.98. The van der Waals surface area contributed by atoms with Gasteiger partial charge in [-0.2, -0.15) is 5.10 Å². The number of nitrogens with two attached hydrogens (primary N) is 1. The molecule has 0 saturated heterocycles. The fourth-order valence-electron chi connectivity index (χ4n) is 1.48. The second kappa shape index (κ2) is 5.60. The number of carbonyl (C=O) groups excluding carboxylic acids is 1. The minimum atomic E-state index is -0.389. The molecular weight excluding hydrogens is 206 g/mol. The zero-order valence-corrected chi connectivity index (χ0v) is 10.0. The molecule has 1 atom stereocenters. The lowest BCUT2D eigenvalue weighted by atomic mass is 10.2. The smallest absolute Gasteiger partial charge is 0.236 e. The van der Waals surface area contributed by atoms with Crippen LogP contribution in [-0.2, 0) is 11.3 Å². The van der Waals surface area contributed by atoms with Gasteiger partial charge in [0.05, 0.1) is 6.54 Å². The summed E-state index contributed by atoms with van der Waals surface area (Å²) < 4.78 is 1.70. The van der Waals surface area contributed by atoms with E-state index in [4.69, 9.17) is 5.73 Å². The van der Waals surface area contributed by atoms with Crippen LogP contribution in [0, 0.1) is 13.8 Å². The molecule has 0 aromatic carbocycles. The van der Waals surface area contributed by atoms with E-state index in [1.165, 1.54) is 0 Å². The predicted octanol–water partition coefficient (Wildman–Crippen LogP) is -0.252. The molecule has 6 heteroatoms. The molecule has 3 N–H and O–H groups in total. The van der Waals surface area contributed by atoms with Crippen molar-refractivity contribution < 1.29 is 4.79 Å². The zero-order valence-electron chi connectivity index (χ0n) is 10.0. The van der Waals surface area contributed by atoms with Crippen molar-refractivity contribution in [2.24, 2.45) is 5.73 Å². The van der Waals surface area contributed by atoms with Gasteiger partial charge in [0.25, 0.3) is 0 Å². The normalized spacial score (nSPS) is 12.7. The van der Waals surface area contributed by atoms with Gasteiger partial charge in [0, 0.05) is 0 Å². The summed E-state index contributed by atoms with van der Waals surface area (Å²) in [5, 5.41) is 7.29. The highest BCUT2D eigenvalue weighted by Gasteiger charge is 2.16. The lowest BCUT2D eigenvalue weighted by molar-refractivity contribution is -0.120. The molecule has 90 valence electrons. The number of rotatable bonds is 6. The van der Waals surface area contributed by atoms with Gasteiger partial charge in [-0.15, -0.1) is 0 Å². The maximum Gasteiger partial charge on any atom is 0.236 e. The van der Waals surface area contributed by atoms with E-state index in [-0.39, 0.29) is 11.9 Å². The van der Waals surface area contributed by atoms with Crippen LogP contribution in [0.15, 0.2) is 0 Å². The minimum Gasteiger partial charge on any atom is -0.368 e. The lowest BCUT2D eigenvalue weighted by Crippen LogP contribution is -2.44. The minimum absolute atomic E-state index is 0.360. The second-order valence-corrected chi connectivity index (χ2v) is 3.80. The molecule has 1 aromatic heterocycles. The van der Waals surface area contributed by atoms with Crippen LogP contribution in [0.3, 0.4) is 0 Å². The van der Waals surface area contributed by atoms with Gasteiger partial charge in [0.15, 0.2) is 0 Å². The van der Waals surface area contributed by atoms with E-state index in [1.54, 1.807) is 4.68 Å². The maximum absolute atomic E-state index is 11.2. The van der Waals surface area contributed by atoms with Crippen molar-refractivity contribution >= 4 is 5.91 Å². The highest BCUT2D eigenvalue weighted by atomic mass is 16.1. The number of carbonyl (C=O) groups is 1. The Hall–Kier alpha value is -1.43. The first-order valence-electron chi connectivity index (χ1n) is 5.45. The Kier molecular flexibility index (Phi) is 4.42. The Labute approximate surface area is 95.2 Å². The molecule has 1 rings (SSSR count). The number of aromatic nitrogens is 3. The molecule has 0 fully saturated rings. The lowest BCUT2D eigenvalue weighted by Gasteiger charge is -2.15. The summed E-state index contributed by atoms with van der Waals surface area (Å²) in [4.78, 5) is 15.4. The Balaban J connectivity index is 2.67. The Morgan fingerprint density at radius 3 is 2.69 bits per heavy atom. The monoisotopic (exact) mass is 225 g/mol. The summed E-state index contributed by atoms with van der Waals surface area (Å²) in [6, 6.07) is -0.389. The third-order valence-corrected chi connectivity index (χ3v) is 2.30.